The van der Waals surface area contributed by atoms with Crippen LogP contribution in [-0.2, 0) is 9.59 Å². The number of aryl methyl sites for hydroxylation is 1. The Morgan fingerprint density at radius 2 is 1.53 bits per heavy atom. The van der Waals surface area contributed by atoms with Crippen LogP contribution in [0.3, 0.4) is 0 Å². The molecule has 0 radical (unpaired) electrons. The first-order chi connectivity index (χ1) is 36.7. The molecule has 0 saturated carbocycles. The van der Waals surface area contributed by atoms with E-state index in [1.165, 1.54) is 4.90 Å². The van der Waals surface area contributed by atoms with Crippen molar-refractivity contribution in [2.24, 2.45) is 17.6 Å². The second-order valence-electron chi connectivity index (χ2n) is 21.3. The highest BCUT2D eigenvalue weighted by Crippen LogP contribution is 2.36. The van der Waals surface area contributed by atoms with Crippen molar-refractivity contribution in [3.63, 3.8) is 0 Å². The van der Waals surface area contributed by atoms with Crippen LogP contribution in [0.25, 0.3) is 22.2 Å². The van der Waals surface area contributed by atoms with Crippen molar-refractivity contribution in [3.8, 4) is 16.2 Å². The molecule has 20 nitrogen and oxygen atoms in total. The van der Waals surface area contributed by atoms with Gasteiger partial charge in [-0.05, 0) is 92.8 Å². The lowest BCUT2D eigenvalue weighted by Gasteiger charge is -2.39. The smallest absolute Gasteiger partial charge is 0.243 e. The summed E-state index contributed by atoms with van der Waals surface area (Å²) in [5.74, 6) is 2.47. The number of anilines is 5. The number of aliphatic hydroxyl groups excluding tert-OH is 1. The summed E-state index contributed by atoms with van der Waals surface area (Å²) in [5.41, 5.74) is 25.7. The van der Waals surface area contributed by atoms with E-state index in [0.29, 0.717) is 34.3 Å². The lowest BCUT2D eigenvalue weighted by Crippen LogP contribution is -2.49. The zero-order chi connectivity index (χ0) is 53.2. The molecule has 402 valence electrons. The zero-order valence-electron chi connectivity index (χ0n) is 43.8. The molecule has 76 heavy (non-hydrogen) atoms. The molecule has 2 amide bonds. The predicted octanol–water partition coefficient (Wildman–Crippen LogP) is 5.88. The van der Waals surface area contributed by atoms with Crippen molar-refractivity contribution >= 4 is 63.9 Å². The first-order valence-electron chi connectivity index (χ1n) is 26.6. The fourth-order valence-corrected chi connectivity index (χ4v) is 12.2. The van der Waals surface area contributed by atoms with E-state index in [-0.39, 0.29) is 54.3 Å². The fraction of sp³-hybridized carbons (Fsp3) is 0.473. The highest BCUT2D eigenvalue weighted by molar-refractivity contribution is 7.13. The minimum absolute atomic E-state index is 0.0553. The van der Waals surface area contributed by atoms with Crippen LogP contribution in [0.4, 0.5) is 29.0 Å². The average Bonchev–Trinajstić information content (AvgIpc) is 4.25. The number of thiazole rings is 1. The summed E-state index contributed by atoms with van der Waals surface area (Å²) >= 11 is 1.60. The van der Waals surface area contributed by atoms with Gasteiger partial charge in [0.05, 0.1) is 40.0 Å². The summed E-state index contributed by atoms with van der Waals surface area (Å²) in [6.07, 6.45) is 4.73. The second-order valence-corrected chi connectivity index (χ2v) is 22.1. The number of carbonyl (C=O) groups is 2. The Morgan fingerprint density at radius 1 is 0.868 bits per heavy atom. The average molecular weight is 1050 g/mol. The monoisotopic (exact) mass is 1050 g/mol. The van der Waals surface area contributed by atoms with Crippen molar-refractivity contribution in [2.75, 3.05) is 91.6 Å². The molecule has 1 unspecified atom stereocenters. The number of aromatic nitrogens is 6. The number of phenols is 1. The number of hydrogen-bond acceptors (Lipinski definition) is 18. The number of phenolic OH excluding ortho intramolecular Hbond substituents is 1. The Morgan fingerprint density at radius 3 is 2.17 bits per heavy atom. The van der Waals surface area contributed by atoms with Crippen molar-refractivity contribution in [2.45, 2.75) is 89.9 Å². The number of para-hydroxylation sites is 1. The Hall–Kier alpha value is -7.23. The predicted molar refractivity (Wildman–Crippen MR) is 296 cm³/mol. The highest BCUT2D eigenvalue weighted by atomic mass is 32.1. The van der Waals surface area contributed by atoms with Gasteiger partial charge in [0.2, 0.25) is 11.8 Å². The topological polar surface area (TPSA) is 263 Å². The minimum Gasteiger partial charge on any atom is -0.507 e. The molecule has 6 aromatic rings. The lowest BCUT2D eigenvalue weighted by molar-refractivity contribution is -0.141. The molecule has 8 heterocycles. The number of amides is 2. The molecular formula is C55H71N15O5S. The summed E-state index contributed by atoms with van der Waals surface area (Å²) in [5, 5.41) is 42.6. The van der Waals surface area contributed by atoms with E-state index >= 15 is 0 Å². The zero-order valence-corrected chi connectivity index (χ0v) is 44.6. The normalized spacial score (nSPS) is 20.2. The first kappa shape index (κ1) is 52.2. The van der Waals surface area contributed by atoms with Gasteiger partial charge in [-0.2, -0.15) is 5.10 Å². The van der Waals surface area contributed by atoms with Gasteiger partial charge in [-0.3, -0.25) is 19.2 Å². The number of aliphatic hydroxyl groups is 1. The number of nitrogens with two attached hydrogens (primary N) is 3. The van der Waals surface area contributed by atoms with E-state index in [2.05, 4.69) is 62.5 Å². The molecule has 0 spiro atoms. The van der Waals surface area contributed by atoms with Crippen LogP contribution in [-0.4, -0.2) is 140 Å². The number of rotatable bonds is 15. The van der Waals surface area contributed by atoms with Gasteiger partial charge in [-0.25, -0.2) is 4.98 Å². The maximum atomic E-state index is 14.4. The summed E-state index contributed by atoms with van der Waals surface area (Å²) in [6.45, 7) is 15.8. The number of β-amino-alcohol motifs (C(OH)–C–C–N with tert-alkyl or cyclic N) is 1. The molecule has 4 aromatic heterocycles. The van der Waals surface area contributed by atoms with Gasteiger partial charge in [0.15, 0.2) is 29.0 Å². The SMILES string of the molecule is Cc1ncsc1-c1ccc([C@H](C)NC(=O)[C@@H]2C[C@@H](O)CN2C(=O)C(c2cc(N3CCC(CN4CCN(c5ccc(N6CCC(n7nc(N)c(N)c7/C=C(\N)c7ccccc7O)CC6)nn5)CC4)CC3)no2)C(C)C)cc1. The molecule has 0 aliphatic carbocycles. The van der Waals surface area contributed by atoms with Gasteiger partial charge < -0.3 is 56.9 Å². The number of hydrogen-bond donors (Lipinski definition) is 6. The minimum atomic E-state index is -0.809. The van der Waals surface area contributed by atoms with Gasteiger partial charge >= 0.3 is 0 Å². The lowest BCUT2D eigenvalue weighted by atomic mass is 9.91. The van der Waals surface area contributed by atoms with Gasteiger partial charge in [0, 0.05) is 89.2 Å². The third kappa shape index (κ3) is 11.2. The van der Waals surface area contributed by atoms with Gasteiger partial charge in [-0.15, -0.1) is 21.5 Å². The standard InChI is InChI=1S/C55H71N15O5S/c1-33(2)50(55(74)69-31-40(71)27-44(69)54(73)60-34(3)37-9-11-38(12-10-37)52-35(4)59-32-76-52)46-29-49(64-75-46)67-19-15-36(16-20-67)30-65-23-25-68(26-24-65)48-14-13-47(61-62-48)66-21-17-39(18-22-66)70-43(51(57)53(58)63-70)28-42(56)41-7-5-6-8-45(41)72/h5-14,28-29,32-34,36,39-40,44,50,71-72H,15-27,30-31,56-57H2,1-4H3,(H2,58,63)(H,60,73)/b42-28-/t34-,40+,44-,50?/m0/s1. The van der Waals surface area contributed by atoms with Gasteiger partial charge in [0.25, 0.3) is 0 Å². The third-order valence-corrected chi connectivity index (χ3v) is 16.8. The highest BCUT2D eigenvalue weighted by Gasteiger charge is 2.44. The largest absolute Gasteiger partial charge is 0.507 e. The summed E-state index contributed by atoms with van der Waals surface area (Å²) in [6, 6.07) is 20.0. The maximum absolute atomic E-state index is 14.4. The van der Waals surface area contributed by atoms with E-state index in [1.54, 1.807) is 35.6 Å². The first-order valence-corrected chi connectivity index (χ1v) is 27.5. The molecule has 4 aliphatic rings. The number of nitrogens with zero attached hydrogens (tertiary/aromatic N) is 11. The van der Waals surface area contributed by atoms with Crippen molar-refractivity contribution in [3.05, 3.63) is 101 Å². The Bertz CT molecular complexity index is 2990. The molecule has 0 bridgehead atoms. The van der Waals surface area contributed by atoms with E-state index in [1.807, 2.05) is 74.3 Å². The fourth-order valence-electron chi connectivity index (χ4n) is 11.4. The van der Waals surface area contributed by atoms with Gasteiger partial charge in [0.1, 0.15) is 23.4 Å². The van der Waals surface area contributed by atoms with Gasteiger partial charge in [-0.1, -0.05) is 55.4 Å². The van der Waals surface area contributed by atoms with E-state index in [9.17, 15) is 19.8 Å². The molecular weight excluding hydrogens is 983 g/mol. The van der Waals surface area contributed by atoms with Crippen LogP contribution < -0.4 is 37.2 Å². The van der Waals surface area contributed by atoms with Crippen molar-refractivity contribution < 1.29 is 24.3 Å². The van der Waals surface area contributed by atoms with Crippen LogP contribution in [0, 0.1) is 18.8 Å². The molecule has 4 aliphatic heterocycles. The molecule has 4 saturated heterocycles. The third-order valence-electron chi connectivity index (χ3n) is 15.8. The Balaban J connectivity index is 0.671. The number of nitrogen functional groups attached to an aromatic ring is 2. The Labute approximate surface area is 447 Å². The molecule has 21 heteroatoms. The quantitative estimate of drug-likeness (QED) is 0.0701. The summed E-state index contributed by atoms with van der Waals surface area (Å²) in [4.78, 5) is 44.6. The number of piperidine rings is 2. The maximum Gasteiger partial charge on any atom is 0.243 e. The molecule has 4 fully saturated rings. The molecule has 4 atom stereocenters. The Kier molecular flexibility index (Phi) is 15.5. The second kappa shape index (κ2) is 22.5. The van der Waals surface area contributed by atoms with Crippen molar-refractivity contribution in [1.29, 1.82) is 0 Å². The van der Waals surface area contributed by atoms with Crippen LogP contribution in [0.5, 0.6) is 5.75 Å². The van der Waals surface area contributed by atoms with Crippen LogP contribution >= 0.6 is 11.3 Å². The molecule has 2 aromatic carbocycles. The van der Waals surface area contributed by atoms with E-state index in [0.717, 1.165) is 124 Å². The number of nitrogens with one attached hydrogen (secondary N) is 1. The van der Waals surface area contributed by atoms with Crippen molar-refractivity contribution in [1.82, 2.24) is 45.2 Å². The number of benzene rings is 2. The van der Waals surface area contributed by atoms with E-state index < -0.39 is 18.1 Å². The van der Waals surface area contributed by atoms with Crippen LogP contribution in [0.2, 0.25) is 0 Å². The number of likely N-dealkylation sites (tertiary alicyclic amines) is 1. The number of piperazine rings is 1. The van der Waals surface area contributed by atoms with Crippen LogP contribution in [0.1, 0.15) is 99.2 Å². The summed E-state index contributed by atoms with van der Waals surface area (Å²) < 4.78 is 7.81. The molecule has 9 N–H and O–H groups in total. The van der Waals surface area contributed by atoms with Crippen LogP contribution in [0.15, 0.2) is 76.8 Å². The summed E-state index contributed by atoms with van der Waals surface area (Å²) in [7, 11) is 0. The number of carbonyl (C=O) groups excluding carboxylic acids is 2. The number of aromatic hydroxyl groups is 1. The van der Waals surface area contributed by atoms with E-state index in [4.69, 9.17) is 21.7 Å². The molecule has 10 rings (SSSR count).